The van der Waals surface area contributed by atoms with E-state index in [4.69, 9.17) is 60.5 Å². The van der Waals surface area contributed by atoms with Crippen LogP contribution in [0.3, 0.4) is 0 Å². The van der Waals surface area contributed by atoms with Gasteiger partial charge in [0.25, 0.3) is 0 Å². The first-order chi connectivity index (χ1) is 25.4. The van der Waals surface area contributed by atoms with Gasteiger partial charge in [0.2, 0.25) is 0 Å². The number of fused-ring (bicyclic) bond motifs is 8. The minimum Gasteiger partial charge on any atom is -0.355 e. The number of nitrogens with zero attached hydrogens (tertiary/aromatic N) is 3. The molecule has 2 aliphatic rings. The van der Waals surface area contributed by atoms with Crippen LogP contribution in [0.5, 0.6) is 0 Å². The van der Waals surface area contributed by atoms with E-state index in [1.54, 1.807) is 0 Å². The maximum absolute atomic E-state index is 5.31. The van der Waals surface area contributed by atoms with Crippen molar-refractivity contribution >= 4 is 96.9 Å². The number of benzene rings is 4. The van der Waals surface area contributed by atoms with Gasteiger partial charge in [-0.15, -0.1) is 50.5 Å². The number of para-hydroxylation sites is 1. The first-order valence-electron chi connectivity index (χ1n) is 16.7. The van der Waals surface area contributed by atoms with Gasteiger partial charge in [0.1, 0.15) is 0 Å². The van der Waals surface area contributed by atoms with Crippen molar-refractivity contribution in [3.63, 3.8) is 0 Å². The van der Waals surface area contributed by atoms with Crippen LogP contribution in [0.2, 0.25) is 0 Å². The Morgan fingerprint density at radius 2 is 0.923 bits per heavy atom. The van der Waals surface area contributed by atoms with Gasteiger partial charge >= 0.3 is 0 Å². The number of hydrogen-bond acceptors (Lipinski definition) is 6. The second-order valence-corrected chi connectivity index (χ2v) is 14.5. The summed E-state index contributed by atoms with van der Waals surface area (Å²) in [4.78, 5) is 17.2. The SMILES string of the molecule is Sc1ccccc1-c1c(-c2ccccc2S)c2c(-c3ccccc3S)c3nc(cc4ccc(cc5nc(cc1n2-c1ccccc1S)C=C5)[nH]4)C=C3. The first kappa shape index (κ1) is 32.8. The largest absolute Gasteiger partial charge is 0.355 e. The van der Waals surface area contributed by atoms with Gasteiger partial charge in [-0.2, -0.15) is 0 Å². The Morgan fingerprint density at radius 1 is 0.442 bits per heavy atom. The van der Waals surface area contributed by atoms with Crippen LogP contribution >= 0.6 is 50.5 Å². The van der Waals surface area contributed by atoms with E-state index in [9.17, 15) is 0 Å². The molecule has 8 heteroatoms. The minimum absolute atomic E-state index is 0.803. The molecule has 2 aliphatic heterocycles. The second-order valence-electron chi connectivity index (χ2n) is 12.6. The number of nitrogens with one attached hydrogen (secondary N) is 1. The molecule has 0 fully saturated rings. The number of thiol groups is 4. The van der Waals surface area contributed by atoms with Crippen LogP contribution in [0.25, 0.3) is 85.4 Å². The molecule has 5 heterocycles. The van der Waals surface area contributed by atoms with Gasteiger partial charge in [-0.25, -0.2) is 9.97 Å². The molecule has 3 aromatic heterocycles. The van der Waals surface area contributed by atoms with Crippen molar-refractivity contribution in [1.29, 1.82) is 0 Å². The van der Waals surface area contributed by atoms with Crippen molar-refractivity contribution in [2.24, 2.45) is 0 Å². The van der Waals surface area contributed by atoms with E-state index in [2.05, 4.69) is 94.5 Å². The van der Waals surface area contributed by atoms with Crippen LogP contribution < -0.4 is 0 Å². The van der Waals surface area contributed by atoms with Crippen LogP contribution in [0.1, 0.15) is 22.8 Å². The molecule has 0 unspecified atom stereocenters. The minimum atomic E-state index is 0.803. The Bertz CT molecular complexity index is 2810. The fraction of sp³-hybridized carbons (Fsp3) is 0. The molecule has 9 rings (SSSR count). The topological polar surface area (TPSA) is 46.5 Å². The van der Waals surface area contributed by atoms with Crippen LogP contribution in [-0.2, 0) is 0 Å². The van der Waals surface area contributed by atoms with Crippen LogP contribution in [-0.4, -0.2) is 19.5 Å². The summed E-state index contributed by atoms with van der Waals surface area (Å²) >= 11 is 20.3. The standard InChI is InChI=1S/C44H30N4S4/c49-37-13-5-1-9-31(37)41-34-22-21-29(47-34)24-28-18-17-26(45-28)23-27-19-20-30(46-27)25-36-42(32-10-2-6-14-38(32)50)43(33-11-3-7-15-39(33)51)44(41)48(36)35-12-4-8-16-40(35)52/h1-25,45,49-52H. The third-order valence-corrected chi connectivity index (χ3v) is 10.9. The van der Waals surface area contributed by atoms with Crippen molar-refractivity contribution in [3.8, 4) is 39.1 Å². The van der Waals surface area contributed by atoms with Crippen molar-refractivity contribution in [1.82, 2.24) is 19.5 Å². The molecule has 0 saturated carbocycles. The summed E-state index contributed by atoms with van der Waals surface area (Å²) in [5.41, 5.74) is 13.7. The van der Waals surface area contributed by atoms with E-state index in [0.717, 1.165) is 103 Å². The third kappa shape index (κ3) is 5.82. The summed E-state index contributed by atoms with van der Waals surface area (Å²) < 4.78 is 2.31. The molecular weight excluding hydrogens is 713 g/mol. The van der Waals surface area contributed by atoms with Gasteiger partial charge in [0, 0.05) is 47.3 Å². The average Bonchev–Trinajstić information content (AvgIpc) is 3.95. The molecule has 0 spiro atoms. The van der Waals surface area contributed by atoms with Crippen molar-refractivity contribution in [3.05, 3.63) is 150 Å². The van der Waals surface area contributed by atoms with E-state index in [-0.39, 0.29) is 0 Å². The van der Waals surface area contributed by atoms with E-state index in [1.165, 1.54) is 0 Å². The van der Waals surface area contributed by atoms with Crippen LogP contribution in [0.15, 0.2) is 147 Å². The van der Waals surface area contributed by atoms with Gasteiger partial charge < -0.3 is 9.55 Å². The molecule has 4 aromatic carbocycles. The van der Waals surface area contributed by atoms with E-state index < -0.39 is 0 Å². The van der Waals surface area contributed by atoms with Crippen LogP contribution in [0, 0.1) is 0 Å². The lowest BCUT2D eigenvalue weighted by Gasteiger charge is -2.16. The third-order valence-electron chi connectivity index (χ3n) is 9.31. The monoisotopic (exact) mass is 742 g/mol. The van der Waals surface area contributed by atoms with Gasteiger partial charge in [-0.05, 0) is 102 Å². The highest BCUT2D eigenvalue weighted by molar-refractivity contribution is 7.81. The summed E-state index contributed by atoms with van der Waals surface area (Å²) in [6.45, 7) is 0. The first-order valence-corrected chi connectivity index (χ1v) is 18.5. The lowest BCUT2D eigenvalue weighted by atomic mass is 9.93. The Kier molecular flexibility index (Phi) is 8.48. The molecule has 0 aliphatic carbocycles. The Hall–Kier alpha value is -5.12. The van der Waals surface area contributed by atoms with Crippen molar-refractivity contribution in [2.45, 2.75) is 19.6 Å². The average molecular weight is 743 g/mol. The van der Waals surface area contributed by atoms with Gasteiger partial charge in [-0.1, -0.05) is 66.7 Å². The summed E-state index contributed by atoms with van der Waals surface area (Å²) in [6, 6.07) is 43.2. The Labute approximate surface area is 323 Å². The predicted molar refractivity (Wildman–Crippen MR) is 229 cm³/mol. The zero-order valence-electron chi connectivity index (χ0n) is 27.6. The number of rotatable bonds is 4. The molecule has 0 amide bonds. The fourth-order valence-corrected chi connectivity index (χ4v) is 8.13. The zero-order chi connectivity index (χ0) is 35.3. The van der Waals surface area contributed by atoms with Gasteiger partial charge in [0.15, 0.2) is 0 Å². The summed E-state index contributed by atoms with van der Waals surface area (Å²) in [5, 5.41) is 0. The Morgan fingerprint density at radius 3 is 1.52 bits per heavy atom. The molecule has 0 radical (unpaired) electrons. The fourth-order valence-electron chi connectivity index (χ4n) is 7.05. The molecule has 52 heavy (non-hydrogen) atoms. The zero-order valence-corrected chi connectivity index (χ0v) is 31.1. The molecule has 1 N–H and O–H groups in total. The molecule has 7 aromatic rings. The number of hydrogen-bond donors (Lipinski definition) is 5. The highest BCUT2D eigenvalue weighted by Gasteiger charge is 2.28. The van der Waals surface area contributed by atoms with E-state index >= 15 is 0 Å². The predicted octanol–water partition coefficient (Wildman–Crippen LogP) is 12.3. The summed E-state index contributed by atoms with van der Waals surface area (Å²) in [5.74, 6) is 0. The lowest BCUT2D eigenvalue weighted by molar-refractivity contribution is 1.12. The second kappa shape index (κ2) is 13.5. The maximum Gasteiger partial charge on any atom is 0.0737 e. The number of aromatic nitrogens is 4. The molecular formula is C44H30N4S4. The van der Waals surface area contributed by atoms with Crippen LogP contribution in [0.4, 0.5) is 0 Å². The smallest absolute Gasteiger partial charge is 0.0737 e. The van der Waals surface area contributed by atoms with Gasteiger partial charge in [0.05, 0.1) is 39.5 Å². The summed E-state index contributed by atoms with van der Waals surface area (Å²) in [7, 11) is 0. The molecule has 250 valence electrons. The molecule has 8 bridgehead atoms. The molecule has 0 saturated heterocycles. The quantitative estimate of drug-likeness (QED) is 0.117. The van der Waals surface area contributed by atoms with E-state index in [0.29, 0.717) is 0 Å². The van der Waals surface area contributed by atoms with E-state index in [1.807, 2.05) is 66.7 Å². The number of H-pyrrole nitrogens is 1. The normalized spacial score (nSPS) is 12.1. The number of aromatic amines is 1. The van der Waals surface area contributed by atoms with Crippen molar-refractivity contribution < 1.29 is 0 Å². The van der Waals surface area contributed by atoms with Crippen molar-refractivity contribution in [2.75, 3.05) is 0 Å². The van der Waals surface area contributed by atoms with Gasteiger partial charge in [-0.3, -0.25) is 0 Å². The molecule has 4 nitrogen and oxygen atoms in total. The maximum atomic E-state index is 5.31. The molecule has 0 atom stereocenters. The highest BCUT2D eigenvalue weighted by Crippen LogP contribution is 2.50. The highest BCUT2D eigenvalue weighted by atomic mass is 32.1. The lowest BCUT2D eigenvalue weighted by Crippen LogP contribution is -1.99. The summed E-state index contributed by atoms with van der Waals surface area (Å²) in [6.07, 6.45) is 8.26. The Balaban J connectivity index is 1.66.